The number of imidazole rings is 1. The molecule has 0 radical (unpaired) electrons. The molecule has 0 aromatic carbocycles. The van der Waals surface area contributed by atoms with Crippen molar-refractivity contribution in [3.63, 3.8) is 0 Å². The van der Waals surface area contributed by atoms with E-state index in [1.165, 1.54) is 12.7 Å². The molecule has 10 nitrogen and oxygen atoms in total. The van der Waals surface area contributed by atoms with Gasteiger partial charge in [-0.1, -0.05) is 0 Å². The Hall–Kier alpha value is -1.20. The van der Waals surface area contributed by atoms with Gasteiger partial charge >= 0.3 is 6.72 Å². The SMILES string of the molecule is Nc1ncnc2c1ncn2[C@@H]1O[C@@H]2COP(O)(=S)O[C@@H]2C1O. The van der Waals surface area contributed by atoms with Crippen LogP contribution in [0.4, 0.5) is 5.82 Å². The molecule has 2 unspecified atom stereocenters. The lowest BCUT2D eigenvalue weighted by Crippen LogP contribution is -2.39. The van der Waals surface area contributed by atoms with Gasteiger partial charge in [0.1, 0.15) is 30.2 Å². The van der Waals surface area contributed by atoms with Crippen LogP contribution in [0.2, 0.25) is 0 Å². The van der Waals surface area contributed by atoms with Gasteiger partial charge in [0.2, 0.25) is 0 Å². The number of hydrogen-bond acceptors (Lipinski definition) is 9. The summed E-state index contributed by atoms with van der Waals surface area (Å²) >= 11 is 4.80. The number of fused-ring (bicyclic) bond motifs is 2. The summed E-state index contributed by atoms with van der Waals surface area (Å²) in [6.45, 7) is -3.28. The summed E-state index contributed by atoms with van der Waals surface area (Å²) in [7, 11) is 0. The minimum absolute atomic E-state index is 0.0513. The van der Waals surface area contributed by atoms with Crippen LogP contribution >= 0.6 is 6.72 Å². The van der Waals surface area contributed by atoms with Crippen LogP contribution in [0.3, 0.4) is 0 Å². The fourth-order valence-corrected chi connectivity index (χ4v) is 4.07. The predicted molar refractivity (Wildman–Crippen MR) is 77.0 cm³/mol. The summed E-state index contributed by atoms with van der Waals surface area (Å²) in [5, 5.41) is 10.4. The summed E-state index contributed by atoms with van der Waals surface area (Å²) in [4.78, 5) is 21.8. The molecule has 2 aromatic heterocycles. The van der Waals surface area contributed by atoms with E-state index in [1.54, 1.807) is 4.57 Å². The lowest BCUT2D eigenvalue weighted by molar-refractivity contribution is -0.0593. The summed E-state index contributed by atoms with van der Waals surface area (Å²) in [6, 6.07) is 0. The third kappa shape index (κ3) is 2.14. The molecule has 2 saturated heterocycles. The number of aromatic nitrogens is 4. The first-order valence-corrected chi connectivity index (χ1v) is 8.97. The van der Waals surface area contributed by atoms with Gasteiger partial charge in [0.05, 0.1) is 12.9 Å². The number of nitrogens with two attached hydrogens (primary N) is 1. The summed E-state index contributed by atoms with van der Waals surface area (Å²) in [5.41, 5.74) is 6.58. The van der Waals surface area contributed by atoms with Crippen LogP contribution in [-0.2, 0) is 25.6 Å². The van der Waals surface area contributed by atoms with E-state index >= 15 is 0 Å². The maximum Gasteiger partial charge on any atom is 0.325 e. The van der Waals surface area contributed by atoms with E-state index in [2.05, 4.69) is 15.0 Å². The monoisotopic (exact) mass is 345 g/mol. The summed E-state index contributed by atoms with van der Waals surface area (Å²) in [6.07, 6.45) is -0.414. The smallest absolute Gasteiger partial charge is 0.325 e. The Morgan fingerprint density at radius 2 is 2.23 bits per heavy atom. The van der Waals surface area contributed by atoms with E-state index in [9.17, 15) is 10.00 Å². The molecule has 4 N–H and O–H groups in total. The Labute approximate surface area is 129 Å². The van der Waals surface area contributed by atoms with Crippen molar-refractivity contribution < 1.29 is 23.8 Å². The fraction of sp³-hybridized carbons (Fsp3) is 0.500. The summed E-state index contributed by atoms with van der Waals surface area (Å²) in [5.74, 6) is 0.235. The molecule has 0 spiro atoms. The minimum Gasteiger partial charge on any atom is -0.386 e. The second-order valence-corrected chi connectivity index (χ2v) is 7.76. The number of nitrogen functional groups attached to an aromatic ring is 1. The van der Waals surface area contributed by atoms with E-state index in [1.807, 2.05) is 0 Å². The van der Waals surface area contributed by atoms with Crippen LogP contribution in [0.5, 0.6) is 0 Å². The molecule has 0 amide bonds. The zero-order chi connectivity index (χ0) is 15.5. The molecule has 0 saturated carbocycles. The highest BCUT2D eigenvalue weighted by Crippen LogP contribution is 2.52. The molecule has 0 aliphatic carbocycles. The number of hydrogen-bond donors (Lipinski definition) is 3. The predicted octanol–water partition coefficient (Wildman–Crippen LogP) is -0.701. The normalized spacial score (nSPS) is 38.3. The van der Waals surface area contributed by atoms with Gasteiger partial charge in [-0.15, -0.1) is 0 Å². The minimum atomic E-state index is -3.33. The number of aliphatic hydroxyl groups is 1. The Morgan fingerprint density at radius 3 is 3.05 bits per heavy atom. The number of anilines is 1. The molecule has 12 heteroatoms. The quantitative estimate of drug-likeness (QED) is 0.569. The third-order valence-electron chi connectivity index (χ3n) is 3.63. The standard InChI is InChI=1S/C10H12N5O5PS/c11-8-5-9(13-2-12-8)15(3-14-5)10-6(16)7-4(19-10)1-18-21(17,22)20-7/h2-4,6-7,10,16H,1H2,(H,17,22)(H2,11,12,13)/t4-,6?,7+,10-,21?/m1/s1. The van der Waals surface area contributed by atoms with Crippen LogP contribution in [0.15, 0.2) is 12.7 Å². The first kappa shape index (κ1) is 14.4. The van der Waals surface area contributed by atoms with Gasteiger partial charge in [-0.3, -0.25) is 9.09 Å². The molecule has 2 aliphatic heterocycles. The molecule has 4 rings (SSSR count). The molecular weight excluding hydrogens is 333 g/mol. The highest BCUT2D eigenvalue weighted by atomic mass is 32.5. The average Bonchev–Trinajstić information content (AvgIpc) is 3.01. The van der Waals surface area contributed by atoms with Gasteiger partial charge in [-0.2, -0.15) is 0 Å². The van der Waals surface area contributed by atoms with Gasteiger partial charge in [0.15, 0.2) is 17.7 Å². The molecule has 0 bridgehead atoms. The van der Waals surface area contributed by atoms with Crippen molar-refractivity contribution in [2.45, 2.75) is 24.5 Å². The topological polar surface area (TPSA) is 138 Å². The van der Waals surface area contributed by atoms with Crippen LogP contribution in [-0.4, -0.2) is 54.4 Å². The van der Waals surface area contributed by atoms with Crippen molar-refractivity contribution in [3.8, 4) is 0 Å². The third-order valence-corrected chi connectivity index (χ3v) is 5.19. The Kier molecular flexibility index (Phi) is 3.20. The van der Waals surface area contributed by atoms with Gasteiger partial charge in [-0.25, -0.2) is 15.0 Å². The summed E-state index contributed by atoms with van der Waals surface area (Å²) < 4.78 is 17.6. The molecular formula is C10H12N5O5PS. The second kappa shape index (κ2) is 4.90. The van der Waals surface area contributed by atoms with Crippen molar-refractivity contribution in [3.05, 3.63) is 12.7 Å². The van der Waals surface area contributed by atoms with E-state index in [0.717, 1.165) is 0 Å². The van der Waals surface area contributed by atoms with Crippen LogP contribution < -0.4 is 5.73 Å². The number of aliphatic hydroxyl groups excluding tert-OH is 1. The average molecular weight is 345 g/mol. The first-order valence-electron chi connectivity index (χ1n) is 6.38. The van der Waals surface area contributed by atoms with Crippen LogP contribution in [0, 0.1) is 0 Å². The molecule has 2 aliphatic rings. The maximum atomic E-state index is 10.4. The molecule has 118 valence electrons. The fourth-order valence-electron chi connectivity index (χ4n) is 2.62. The van der Waals surface area contributed by atoms with E-state index in [4.69, 9.17) is 31.3 Å². The lowest BCUT2D eigenvalue weighted by atomic mass is 10.1. The van der Waals surface area contributed by atoms with Crippen molar-refractivity contribution in [2.75, 3.05) is 12.3 Å². The number of rotatable bonds is 1. The van der Waals surface area contributed by atoms with Gasteiger partial charge in [-0.05, 0) is 11.8 Å². The molecule has 2 aromatic rings. The first-order chi connectivity index (χ1) is 10.5. The van der Waals surface area contributed by atoms with Gasteiger partial charge < -0.3 is 25.0 Å². The Bertz CT molecular complexity index is 786. The van der Waals surface area contributed by atoms with E-state index < -0.39 is 31.3 Å². The van der Waals surface area contributed by atoms with Crippen molar-refractivity contribution in [1.29, 1.82) is 0 Å². The zero-order valence-electron chi connectivity index (χ0n) is 11.0. The molecule has 4 heterocycles. The maximum absolute atomic E-state index is 10.4. The largest absolute Gasteiger partial charge is 0.386 e. The number of nitrogens with zero attached hydrogens (tertiary/aromatic N) is 4. The highest BCUT2D eigenvalue weighted by Gasteiger charge is 2.51. The van der Waals surface area contributed by atoms with Crippen LogP contribution in [0.25, 0.3) is 11.2 Å². The van der Waals surface area contributed by atoms with Gasteiger partial charge in [0, 0.05) is 0 Å². The van der Waals surface area contributed by atoms with E-state index in [0.29, 0.717) is 11.2 Å². The second-order valence-electron chi connectivity index (χ2n) is 4.97. The highest BCUT2D eigenvalue weighted by molar-refractivity contribution is 8.07. The molecule has 5 atom stereocenters. The van der Waals surface area contributed by atoms with Crippen molar-refractivity contribution in [2.24, 2.45) is 0 Å². The Morgan fingerprint density at radius 1 is 1.41 bits per heavy atom. The lowest BCUT2D eigenvalue weighted by Gasteiger charge is -2.30. The number of ether oxygens (including phenoxy) is 1. The zero-order valence-corrected chi connectivity index (χ0v) is 12.7. The van der Waals surface area contributed by atoms with Crippen molar-refractivity contribution >= 4 is 35.5 Å². The molecule has 2 fully saturated rings. The molecule has 22 heavy (non-hydrogen) atoms. The van der Waals surface area contributed by atoms with Crippen molar-refractivity contribution in [1.82, 2.24) is 19.5 Å². The van der Waals surface area contributed by atoms with Crippen LogP contribution in [0.1, 0.15) is 6.23 Å². The van der Waals surface area contributed by atoms with E-state index in [-0.39, 0.29) is 12.4 Å². The van der Waals surface area contributed by atoms with Gasteiger partial charge in [0.25, 0.3) is 0 Å². The Balaban J connectivity index is 1.71.